The number of aryl methyl sites for hydroxylation is 1. The first kappa shape index (κ1) is 21.0. The Morgan fingerprint density at radius 2 is 1.88 bits per heavy atom. The van der Waals surface area contributed by atoms with E-state index in [0.29, 0.717) is 29.4 Å². The molecule has 2 aromatic carbocycles. The van der Waals surface area contributed by atoms with Crippen LogP contribution in [0.2, 0.25) is 0 Å². The zero-order valence-corrected chi connectivity index (χ0v) is 17.9. The van der Waals surface area contributed by atoms with Gasteiger partial charge in [-0.15, -0.1) is 0 Å². The lowest BCUT2D eigenvalue weighted by atomic mass is 10.1. The summed E-state index contributed by atoms with van der Waals surface area (Å²) in [5.74, 6) is -0.503. The van der Waals surface area contributed by atoms with Gasteiger partial charge in [-0.25, -0.2) is 13.5 Å². The fourth-order valence-electron chi connectivity index (χ4n) is 4.05. The van der Waals surface area contributed by atoms with Gasteiger partial charge in [-0.3, -0.25) is 4.79 Å². The van der Waals surface area contributed by atoms with Crippen LogP contribution in [0.3, 0.4) is 0 Å². The van der Waals surface area contributed by atoms with E-state index in [4.69, 9.17) is 4.52 Å². The number of anilines is 1. The molecular formula is C24H21F2N5O2. The van der Waals surface area contributed by atoms with E-state index < -0.39 is 17.5 Å². The van der Waals surface area contributed by atoms with E-state index in [9.17, 15) is 13.6 Å². The number of carbonyl (C=O) groups is 1. The molecule has 2 heterocycles. The van der Waals surface area contributed by atoms with Gasteiger partial charge in [-0.2, -0.15) is 10.1 Å². The summed E-state index contributed by atoms with van der Waals surface area (Å²) < 4.78 is 34.0. The molecule has 1 N–H and O–H groups in total. The third kappa shape index (κ3) is 4.26. The molecule has 1 fully saturated rings. The van der Waals surface area contributed by atoms with Gasteiger partial charge in [0.1, 0.15) is 11.6 Å². The summed E-state index contributed by atoms with van der Waals surface area (Å²) in [7, 11) is 0. The standard InChI is InChI=1S/C24H21F2N5O2/c1-14-19(23(32)27-21-11-8-17(25)12-20(21)26)13-31(29-14)18-9-6-15(7-10-18)22-28-24(33-30-22)16-4-2-3-5-16/h6-13,16H,2-5H2,1H3,(H,27,32). The molecule has 1 aliphatic carbocycles. The molecule has 0 bridgehead atoms. The van der Waals surface area contributed by atoms with Gasteiger partial charge in [0, 0.05) is 23.7 Å². The SMILES string of the molecule is Cc1nn(-c2ccc(-c3noc(C4CCCC4)n3)cc2)cc1C(=O)Nc1ccc(F)cc1F. The van der Waals surface area contributed by atoms with Gasteiger partial charge >= 0.3 is 0 Å². The minimum Gasteiger partial charge on any atom is -0.339 e. The van der Waals surface area contributed by atoms with Gasteiger partial charge in [0.2, 0.25) is 11.7 Å². The summed E-state index contributed by atoms with van der Waals surface area (Å²) in [5.41, 5.74) is 2.20. The molecule has 0 saturated heterocycles. The van der Waals surface area contributed by atoms with Gasteiger partial charge in [0.15, 0.2) is 0 Å². The Kier molecular flexibility index (Phi) is 5.45. The van der Waals surface area contributed by atoms with Crippen LogP contribution < -0.4 is 5.32 Å². The summed E-state index contributed by atoms with van der Waals surface area (Å²) in [6.07, 6.45) is 6.12. The maximum absolute atomic E-state index is 13.9. The van der Waals surface area contributed by atoms with Crippen LogP contribution in [0.25, 0.3) is 17.1 Å². The fraction of sp³-hybridized carbons (Fsp3) is 0.250. The molecule has 9 heteroatoms. The van der Waals surface area contributed by atoms with Gasteiger partial charge in [-0.05, 0) is 56.2 Å². The number of amides is 1. The second-order valence-corrected chi connectivity index (χ2v) is 8.14. The monoisotopic (exact) mass is 449 g/mol. The number of nitrogens with one attached hydrogen (secondary N) is 1. The maximum Gasteiger partial charge on any atom is 0.259 e. The van der Waals surface area contributed by atoms with Crippen LogP contribution in [-0.4, -0.2) is 25.8 Å². The van der Waals surface area contributed by atoms with Gasteiger partial charge < -0.3 is 9.84 Å². The Bertz CT molecular complexity index is 1310. The molecule has 0 spiro atoms. The van der Waals surface area contributed by atoms with Gasteiger partial charge in [-0.1, -0.05) is 18.0 Å². The van der Waals surface area contributed by atoms with Crippen molar-refractivity contribution in [3.63, 3.8) is 0 Å². The van der Waals surface area contributed by atoms with Crippen molar-refractivity contribution in [2.75, 3.05) is 5.32 Å². The van der Waals surface area contributed by atoms with Crippen molar-refractivity contribution in [3.05, 3.63) is 77.4 Å². The van der Waals surface area contributed by atoms with E-state index in [-0.39, 0.29) is 11.3 Å². The summed E-state index contributed by atoms with van der Waals surface area (Å²) in [5, 5.41) is 11.0. The third-order valence-electron chi connectivity index (χ3n) is 5.86. The summed E-state index contributed by atoms with van der Waals surface area (Å²) in [6.45, 7) is 1.69. The van der Waals surface area contributed by atoms with Crippen LogP contribution >= 0.6 is 0 Å². The van der Waals surface area contributed by atoms with Gasteiger partial charge in [0.25, 0.3) is 5.91 Å². The first-order valence-corrected chi connectivity index (χ1v) is 10.7. The normalized spacial score (nSPS) is 14.0. The van der Waals surface area contributed by atoms with E-state index in [2.05, 4.69) is 20.6 Å². The van der Waals surface area contributed by atoms with Crippen molar-refractivity contribution in [1.82, 2.24) is 19.9 Å². The minimum atomic E-state index is -0.846. The number of rotatable bonds is 5. The summed E-state index contributed by atoms with van der Waals surface area (Å²) >= 11 is 0. The molecule has 33 heavy (non-hydrogen) atoms. The van der Waals surface area contributed by atoms with Crippen molar-refractivity contribution >= 4 is 11.6 Å². The molecule has 4 aromatic rings. The number of halogens is 2. The van der Waals surface area contributed by atoms with Crippen molar-refractivity contribution in [2.45, 2.75) is 38.5 Å². The lowest BCUT2D eigenvalue weighted by Crippen LogP contribution is -2.13. The van der Waals surface area contributed by atoms with E-state index in [1.807, 2.05) is 24.3 Å². The molecule has 0 atom stereocenters. The van der Waals surface area contributed by atoms with Crippen molar-refractivity contribution < 1.29 is 18.1 Å². The molecule has 7 nitrogen and oxygen atoms in total. The average molecular weight is 449 g/mol. The summed E-state index contributed by atoms with van der Waals surface area (Å²) in [6, 6.07) is 10.4. The average Bonchev–Trinajstić information content (AvgIpc) is 3.56. The number of hydrogen-bond acceptors (Lipinski definition) is 5. The van der Waals surface area contributed by atoms with Crippen LogP contribution in [0.4, 0.5) is 14.5 Å². The van der Waals surface area contributed by atoms with E-state index in [1.54, 1.807) is 17.8 Å². The van der Waals surface area contributed by atoms with Crippen molar-refractivity contribution in [1.29, 1.82) is 0 Å². The Labute approximate surface area is 188 Å². The third-order valence-corrected chi connectivity index (χ3v) is 5.86. The first-order valence-electron chi connectivity index (χ1n) is 10.7. The molecule has 2 aromatic heterocycles. The van der Waals surface area contributed by atoms with E-state index >= 15 is 0 Å². The molecule has 1 amide bonds. The number of aromatic nitrogens is 4. The van der Waals surface area contributed by atoms with Crippen LogP contribution in [0.15, 0.2) is 53.2 Å². The quantitative estimate of drug-likeness (QED) is 0.440. The number of hydrogen-bond donors (Lipinski definition) is 1. The maximum atomic E-state index is 13.9. The first-order chi connectivity index (χ1) is 16.0. The number of carbonyl (C=O) groups excluding carboxylic acids is 1. The van der Waals surface area contributed by atoms with Crippen LogP contribution in [-0.2, 0) is 0 Å². The molecule has 0 unspecified atom stereocenters. The van der Waals surface area contributed by atoms with E-state index in [1.165, 1.54) is 18.9 Å². The highest BCUT2D eigenvalue weighted by Crippen LogP contribution is 2.34. The molecule has 1 saturated carbocycles. The van der Waals surface area contributed by atoms with Gasteiger partial charge in [0.05, 0.1) is 22.6 Å². The van der Waals surface area contributed by atoms with E-state index in [0.717, 1.165) is 30.2 Å². The van der Waals surface area contributed by atoms with Crippen molar-refractivity contribution in [3.8, 4) is 17.1 Å². The smallest absolute Gasteiger partial charge is 0.259 e. The lowest BCUT2D eigenvalue weighted by Gasteiger charge is -2.05. The summed E-state index contributed by atoms with van der Waals surface area (Å²) in [4.78, 5) is 17.2. The fourth-order valence-corrected chi connectivity index (χ4v) is 4.05. The minimum absolute atomic E-state index is 0.102. The highest BCUT2D eigenvalue weighted by atomic mass is 19.1. The molecule has 168 valence electrons. The molecular weight excluding hydrogens is 428 g/mol. The Morgan fingerprint density at radius 1 is 1.12 bits per heavy atom. The van der Waals surface area contributed by atoms with Crippen LogP contribution in [0, 0.1) is 18.6 Å². The second-order valence-electron chi connectivity index (χ2n) is 8.14. The number of nitrogens with zero attached hydrogens (tertiary/aromatic N) is 4. The Balaban J connectivity index is 1.33. The Morgan fingerprint density at radius 3 is 2.61 bits per heavy atom. The van der Waals surface area contributed by atoms with Crippen LogP contribution in [0.5, 0.6) is 0 Å². The molecule has 0 aliphatic heterocycles. The lowest BCUT2D eigenvalue weighted by molar-refractivity contribution is 0.102. The highest BCUT2D eigenvalue weighted by Gasteiger charge is 2.23. The highest BCUT2D eigenvalue weighted by molar-refractivity contribution is 6.05. The predicted octanol–water partition coefficient (Wildman–Crippen LogP) is 5.42. The zero-order valence-electron chi connectivity index (χ0n) is 17.9. The topological polar surface area (TPSA) is 85.8 Å². The Hall–Kier alpha value is -3.88. The zero-order chi connectivity index (χ0) is 22.9. The molecule has 5 rings (SSSR count). The number of benzene rings is 2. The second kappa shape index (κ2) is 8.57. The largest absolute Gasteiger partial charge is 0.339 e. The molecule has 0 radical (unpaired) electrons. The van der Waals surface area contributed by atoms with Crippen LogP contribution in [0.1, 0.15) is 53.5 Å². The van der Waals surface area contributed by atoms with Crippen molar-refractivity contribution in [2.24, 2.45) is 0 Å². The molecule has 1 aliphatic rings. The predicted molar refractivity (Wildman–Crippen MR) is 117 cm³/mol.